The number of aliphatic imine (C=N–C) groups is 1. The van der Waals surface area contributed by atoms with Crippen LogP contribution in [0.4, 0.5) is 5.69 Å². The second kappa shape index (κ2) is 6.44. The minimum absolute atomic E-state index is 0. The van der Waals surface area contributed by atoms with Gasteiger partial charge in [-0.05, 0) is 25.7 Å². The Balaban J connectivity index is 0.00000144. The fourth-order valence-electron chi connectivity index (χ4n) is 1.62. The molecule has 0 N–H and O–H groups in total. The Bertz CT molecular complexity index is 483. The van der Waals surface area contributed by atoms with Crippen LogP contribution < -0.4 is 18.9 Å². The van der Waals surface area contributed by atoms with Gasteiger partial charge in [0.2, 0.25) is 0 Å². The number of aryl methyl sites for hydroxylation is 2. The molecule has 0 radical (unpaired) electrons. The average Bonchev–Trinajstić information content (AvgIpc) is 2.30. The van der Waals surface area contributed by atoms with E-state index in [9.17, 15) is 0 Å². The maximum absolute atomic E-state index is 4.43. The maximum atomic E-state index is 4.43. The van der Waals surface area contributed by atoms with Crippen LogP contribution in [0.3, 0.4) is 0 Å². The second-order valence-electron chi connectivity index (χ2n) is 3.83. The van der Waals surface area contributed by atoms with Gasteiger partial charge < -0.3 is 4.99 Å². The third-order valence-electron chi connectivity index (χ3n) is 2.51. The first-order chi connectivity index (χ1) is 7.77. The van der Waals surface area contributed by atoms with E-state index in [0.29, 0.717) is 0 Å². The molecule has 0 amide bonds. The zero-order valence-corrected chi connectivity index (χ0v) is 10.6. The summed E-state index contributed by atoms with van der Waals surface area (Å²) < 4.78 is 0. The summed E-state index contributed by atoms with van der Waals surface area (Å²) >= 11 is 0. The maximum Gasteiger partial charge on any atom is 1.00 e. The van der Waals surface area contributed by atoms with Gasteiger partial charge in [-0.15, -0.1) is 29.8 Å². The molecule has 0 aliphatic rings. The Morgan fingerprint density at radius 1 is 0.824 bits per heavy atom. The minimum atomic E-state index is 0. The van der Waals surface area contributed by atoms with Gasteiger partial charge in [0.05, 0.1) is 0 Å². The molecule has 2 aromatic carbocycles. The average molecular weight is 215 g/mol. The van der Waals surface area contributed by atoms with Crippen molar-refractivity contribution in [3.05, 3.63) is 65.2 Å². The van der Waals surface area contributed by atoms with Crippen LogP contribution in [0.15, 0.2) is 53.5 Å². The molecule has 0 bridgehead atoms. The normalized spacial score (nSPS) is 10.2. The second-order valence-corrected chi connectivity index (χ2v) is 3.83. The molecular formula is C15H14LiN. The summed E-state index contributed by atoms with van der Waals surface area (Å²) in [6.07, 6.45) is 3.07. The van der Waals surface area contributed by atoms with E-state index >= 15 is 0 Å². The molecule has 0 fully saturated rings. The van der Waals surface area contributed by atoms with Gasteiger partial charge in [-0.2, -0.15) is 0 Å². The van der Waals surface area contributed by atoms with Crippen molar-refractivity contribution in [3.8, 4) is 0 Å². The van der Waals surface area contributed by atoms with Gasteiger partial charge in [0.25, 0.3) is 0 Å². The van der Waals surface area contributed by atoms with Crippen LogP contribution in [0.5, 0.6) is 0 Å². The minimum Gasteiger partial charge on any atom is -0.351 e. The summed E-state index contributed by atoms with van der Waals surface area (Å²) in [6, 6.07) is 16.1. The fraction of sp³-hybridized carbons (Fsp3) is 0.133. The van der Waals surface area contributed by atoms with E-state index in [1.54, 1.807) is 0 Å². The Hall–Kier alpha value is -1.29. The third kappa shape index (κ3) is 3.59. The zero-order valence-electron chi connectivity index (χ0n) is 10.6. The Labute approximate surface area is 115 Å². The molecule has 0 saturated heterocycles. The van der Waals surface area contributed by atoms with Crippen LogP contribution in [0.25, 0.3) is 0 Å². The van der Waals surface area contributed by atoms with E-state index in [2.05, 4.69) is 37.2 Å². The SMILES string of the molecule is Cc1cccc(C)c1N=[C-]c1ccccc1.[Li+]. The van der Waals surface area contributed by atoms with Crippen molar-refractivity contribution >= 4 is 11.9 Å². The molecule has 0 heterocycles. The van der Waals surface area contributed by atoms with Crippen molar-refractivity contribution in [2.45, 2.75) is 13.8 Å². The van der Waals surface area contributed by atoms with Crippen LogP contribution in [0, 0.1) is 13.8 Å². The summed E-state index contributed by atoms with van der Waals surface area (Å²) in [4.78, 5) is 4.43. The molecule has 2 heteroatoms. The molecule has 0 atom stereocenters. The van der Waals surface area contributed by atoms with Crippen molar-refractivity contribution in [2.75, 3.05) is 0 Å². The van der Waals surface area contributed by atoms with E-state index in [1.807, 2.05) is 36.4 Å². The first kappa shape index (κ1) is 13.8. The van der Waals surface area contributed by atoms with Crippen molar-refractivity contribution in [3.63, 3.8) is 0 Å². The van der Waals surface area contributed by atoms with Crippen LogP contribution in [-0.2, 0) is 0 Å². The van der Waals surface area contributed by atoms with Gasteiger partial charge in [0.1, 0.15) is 0 Å². The molecule has 0 aromatic heterocycles. The predicted molar refractivity (Wildman–Crippen MR) is 68.6 cm³/mol. The molecule has 0 aliphatic carbocycles. The summed E-state index contributed by atoms with van der Waals surface area (Å²) in [5.74, 6) is 0. The zero-order chi connectivity index (χ0) is 11.4. The van der Waals surface area contributed by atoms with Gasteiger partial charge in [-0.3, -0.25) is 0 Å². The molecule has 1 nitrogen and oxygen atoms in total. The molecule has 0 aliphatic heterocycles. The van der Waals surface area contributed by atoms with Gasteiger partial charge >= 0.3 is 18.9 Å². The molecule has 80 valence electrons. The third-order valence-corrected chi connectivity index (χ3v) is 2.51. The standard InChI is InChI=1S/C15H14N.Li/c1-12-7-6-8-13(2)15(12)16-11-14-9-4-3-5-10-14;/h3-10H,1-2H3;/q-1;+1. The first-order valence-corrected chi connectivity index (χ1v) is 5.35. The number of hydrogen-bond acceptors (Lipinski definition) is 1. The van der Waals surface area contributed by atoms with Gasteiger partial charge in [-0.25, -0.2) is 0 Å². The van der Waals surface area contributed by atoms with Crippen molar-refractivity contribution in [1.29, 1.82) is 0 Å². The topological polar surface area (TPSA) is 12.4 Å². The largest absolute Gasteiger partial charge is 1.00 e. The quantitative estimate of drug-likeness (QED) is 0.401. The van der Waals surface area contributed by atoms with Crippen LogP contribution in [0.1, 0.15) is 16.7 Å². The fourth-order valence-corrected chi connectivity index (χ4v) is 1.62. The number of nitrogens with zero attached hydrogens (tertiary/aromatic N) is 1. The molecule has 0 unspecified atom stereocenters. The molecular weight excluding hydrogens is 201 g/mol. The number of benzene rings is 2. The molecule has 2 aromatic rings. The summed E-state index contributed by atoms with van der Waals surface area (Å²) in [5.41, 5.74) is 4.39. The van der Waals surface area contributed by atoms with E-state index in [0.717, 1.165) is 11.3 Å². The van der Waals surface area contributed by atoms with Crippen LogP contribution in [-0.4, -0.2) is 6.21 Å². The molecule has 17 heavy (non-hydrogen) atoms. The van der Waals surface area contributed by atoms with Crippen molar-refractivity contribution in [1.82, 2.24) is 0 Å². The summed E-state index contributed by atoms with van der Waals surface area (Å²) in [5, 5.41) is 0. The van der Waals surface area contributed by atoms with E-state index in [-0.39, 0.29) is 18.9 Å². The monoisotopic (exact) mass is 215 g/mol. The number of hydrogen-bond donors (Lipinski definition) is 0. The number of rotatable bonds is 2. The van der Waals surface area contributed by atoms with Gasteiger partial charge in [0.15, 0.2) is 0 Å². The van der Waals surface area contributed by atoms with Crippen LogP contribution in [0.2, 0.25) is 0 Å². The van der Waals surface area contributed by atoms with Crippen molar-refractivity contribution < 1.29 is 18.9 Å². The van der Waals surface area contributed by atoms with E-state index < -0.39 is 0 Å². The Kier molecular flexibility index (Phi) is 5.22. The van der Waals surface area contributed by atoms with E-state index in [4.69, 9.17) is 0 Å². The Morgan fingerprint density at radius 2 is 1.41 bits per heavy atom. The van der Waals surface area contributed by atoms with Gasteiger partial charge in [0, 0.05) is 0 Å². The summed E-state index contributed by atoms with van der Waals surface area (Å²) in [6.45, 7) is 4.14. The molecule has 0 saturated carbocycles. The molecule has 2 rings (SSSR count). The first-order valence-electron chi connectivity index (χ1n) is 5.35. The van der Waals surface area contributed by atoms with Gasteiger partial charge in [-0.1, -0.05) is 35.4 Å². The number of para-hydroxylation sites is 1. The van der Waals surface area contributed by atoms with E-state index in [1.165, 1.54) is 11.1 Å². The predicted octanol–water partition coefficient (Wildman–Crippen LogP) is 0.935. The van der Waals surface area contributed by atoms with Crippen molar-refractivity contribution in [2.24, 2.45) is 4.99 Å². The smallest absolute Gasteiger partial charge is 0.351 e. The van der Waals surface area contributed by atoms with Crippen LogP contribution >= 0.6 is 0 Å². The Morgan fingerprint density at radius 3 is 2.00 bits per heavy atom. The molecule has 0 spiro atoms. The summed E-state index contributed by atoms with van der Waals surface area (Å²) in [7, 11) is 0.